The monoisotopic (exact) mass is 358 g/mol. The summed E-state index contributed by atoms with van der Waals surface area (Å²) in [6, 6.07) is 7.07. The average molecular weight is 359 g/mol. The molecule has 1 saturated heterocycles. The van der Waals surface area contributed by atoms with E-state index in [0.717, 1.165) is 0 Å². The van der Waals surface area contributed by atoms with Gasteiger partial charge in [-0.15, -0.1) is 0 Å². The van der Waals surface area contributed by atoms with Crippen molar-refractivity contribution in [2.75, 3.05) is 21.9 Å². The molecule has 116 valence electrons. The van der Waals surface area contributed by atoms with Crippen molar-refractivity contribution in [3.63, 3.8) is 0 Å². The fourth-order valence-electron chi connectivity index (χ4n) is 2.27. The highest BCUT2D eigenvalue weighted by Gasteiger charge is 2.30. The van der Waals surface area contributed by atoms with Crippen LogP contribution in [0.15, 0.2) is 30.5 Å². The van der Waals surface area contributed by atoms with Gasteiger partial charge in [-0.1, -0.05) is 23.7 Å². The molecule has 0 spiro atoms. The molecule has 6 nitrogen and oxygen atoms in total. The van der Waals surface area contributed by atoms with Gasteiger partial charge in [0.15, 0.2) is 5.82 Å². The van der Waals surface area contributed by atoms with Crippen molar-refractivity contribution in [1.82, 2.24) is 9.97 Å². The molecule has 2 heterocycles. The Bertz CT molecular complexity index is 813. The molecule has 1 aliphatic rings. The summed E-state index contributed by atoms with van der Waals surface area (Å²) in [6.07, 6.45) is 1.99. The fourth-order valence-corrected chi connectivity index (χ4v) is 4.12. The first-order valence-corrected chi connectivity index (χ1v) is 8.88. The lowest BCUT2D eigenvalue weighted by molar-refractivity contribution is 0.599. The molecule has 1 N–H and O–H groups in total. The smallest absolute Gasteiger partial charge is 0.235 e. The quantitative estimate of drug-likeness (QED) is 0.853. The van der Waals surface area contributed by atoms with Crippen LogP contribution in [0.1, 0.15) is 6.42 Å². The maximum absolute atomic E-state index is 12.1. The van der Waals surface area contributed by atoms with E-state index >= 15 is 0 Å². The molecular weight excluding hydrogens is 347 g/mol. The molecule has 0 bridgehead atoms. The number of rotatable bonds is 3. The van der Waals surface area contributed by atoms with Crippen molar-refractivity contribution >= 4 is 50.4 Å². The molecule has 1 aliphatic heterocycles. The highest BCUT2D eigenvalue weighted by atomic mass is 35.5. The maximum Gasteiger partial charge on any atom is 0.235 e. The van der Waals surface area contributed by atoms with Gasteiger partial charge in [-0.05, 0) is 30.2 Å². The second-order valence-corrected chi connectivity index (χ2v) is 7.48. The standard InChI is InChI=1S/C13H12Cl2N4O2S/c14-9-8-16-13(15)18-12(9)17-10-4-1-2-5-11(10)19-6-3-7-22(19,20)21/h1-2,4-5,8H,3,6-7H2,(H,16,17,18). The third kappa shape index (κ3) is 2.97. The third-order valence-corrected chi connectivity index (χ3v) is 5.55. The van der Waals surface area contributed by atoms with Gasteiger partial charge in [0.25, 0.3) is 0 Å². The van der Waals surface area contributed by atoms with Crippen LogP contribution in [0.3, 0.4) is 0 Å². The molecule has 3 rings (SSSR count). The number of anilines is 3. The second-order valence-electron chi connectivity index (χ2n) is 4.72. The number of benzene rings is 1. The van der Waals surface area contributed by atoms with Crippen molar-refractivity contribution in [2.24, 2.45) is 0 Å². The summed E-state index contributed by atoms with van der Waals surface area (Å²) in [6.45, 7) is 0.458. The van der Waals surface area contributed by atoms with Crippen LogP contribution in [0.25, 0.3) is 0 Å². The van der Waals surface area contributed by atoms with E-state index in [0.29, 0.717) is 35.2 Å². The Hall–Kier alpha value is -1.57. The summed E-state index contributed by atoms with van der Waals surface area (Å²) in [4.78, 5) is 7.80. The Kier molecular flexibility index (Phi) is 4.12. The number of hydrogen-bond donors (Lipinski definition) is 1. The summed E-state index contributed by atoms with van der Waals surface area (Å²) in [5.74, 6) is 0.479. The molecule has 0 unspecified atom stereocenters. The van der Waals surface area contributed by atoms with E-state index in [1.54, 1.807) is 24.3 Å². The topological polar surface area (TPSA) is 75.2 Å². The van der Waals surface area contributed by atoms with Gasteiger partial charge in [0.1, 0.15) is 5.02 Å². The van der Waals surface area contributed by atoms with E-state index in [1.807, 2.05) is 0 Å². The Morgan fingerprint density at radius 1 is 1.23 bits per heavy atom. The first-order chi connectivity index (χ1) is 10.5. The van der Waals surface area contributed by atoms with Gasteiger partial charge in [0.2, 0.25) is 15.3 Å². The predicted molar refractivity (Wildman–Crippen MR) is 87.5 cm³/mol. The first kappa shape index (κ1) is 15.3. The van der Waals surface area contributed by atoms with Gasteiger partial charge in [-0.25, -0.2) is 13.4 Å². The minimum atomic E-state index is -3.27. The van der Waals surface area contributed by atoms with Gasteiger partial charge in [0.05, 0.1) is 23.3 Å². The molecule has 0 radical (unpaired) electrons. The number of halogens is 2. The maximum atomic E-state index is 12.1. The Labute approximate surface area is 138 Å². The number of aromatic nitrogens is 2. The summed E-state index contributed by atoms with van der Waals surface area (Å²) < 4.78 is 25.6. The van der Waals surface area contributed by atoms with E-state index in [2.05, 4.69) is 15.3 Å². The summed E-state index contributed by atoms with van der Waals surface area (Å²) >= 11 is 11.8. The molecule has 0 saturated carbocycles. The number of para-hydroxylation sites is 2. The van der Waals surface area contributed by atoms with E-state index in [-0.39, 0.29) is 11.0 Å². The van der Waals surface area contributed by atoms with Crippen LogP contribution in [-0.2, 0) is 10.0 Å². The van der Waals surface area contributed by atoms with Crippen molar-refractivity contribution < 1.29 is 8.42 Å². The van der Waals surface area contributed by atoms with Crippen molar-refractivity contribution in [2.45, 2.75) is 6.42 Å². The van der Waals surface area contributed by atoms with Crippen LogP contribution in [-0.4, -0.2) is 30.7 Å². The molecule has 1 aromatic carbocycles. The zero-order chi connectivity index (χ0) is 15.7. The van der Waals surface area contributed by atoms with Crippen LogP contribution >= 0.6 is 23.2 Å². The predicted octanol–water partition coefficient (Wildman–Crippen LogP) is 3.07. The van der Waals surface area contributed by atoms with Crippen LogP contribution < -0.4 is 9.62 Å². The summed E-state index contributed by atoms with van der Waals surface area (Å²) in [5, 5.41) is 3.37. The Morgan fingerprint density at radius 2 is 2.00 bits per heavy atom. The minimum absolute atomic E-state index is 0.0539. The van der Waals surface area contributed by atoms with Crippen LogP contribution in [0, 0.1) is 0 Å². The molecular formula is C13H12Cl2N4O2S. The molecule has 9 heteroatoms. The zero-order valence-electron chi connectivity index (χ0n) is 11.3. The number of sulfonamides is 1. The van der Waals surface area contributed by atoms with Crippen LogP contribution in [0.2, 0.25) is 10.3 Å². The van der Waals surface area contributed by atoms with Gasteiger partial charge in [-0.2, -0.15) is 4.98 Å². The van der Waals surface area contributed by atoms with Gasteiger partial charge < -0.3 is 5.32 Å². The average Bonchev–Trinajstić information content (AvgIpc) is 2.83. The zero-order valence-corrected chi connectivity index (χ0v) is 13.7. The van der Waals surface area contributed by atoms with Crippen molar-refractivity contribution in [1.29, 1.82) is 0 Å². The Balaban J connectivity index is 2.00. The summed E-state index contributed by atoms with van der Waals surface area (Å²) in [5.41, 5.74) is 1.15. The molecule has 0 aliphatic carbocycles. The third-order valence-electron chi connectivity index (χ3n) is 3.24. The molecule has 1 aromatic heterocycles. The van der Waals surface area contributed by atoms with Gasteiger partial charge >= 0.3 is 0 Å². The van der Waals surface area contributed by atoms with Crippen LogP contribution in [0.4, 0.5) is 17.2 Å². The largest absolute Gasteiger partial charge is 0.337 e. The Morgan fingerprint density at radius 3 is 2.73 bits per heavy atom. The molecule has 1 fully saturated rings. The van der Waals surface area contributed by atoms with E-state index in [1.165, 1.54) is 10.5 Å². The minimum Gasteiger partial charge on any atom is -0.337 e. The van der Waals surface area contributed by atoms with E-state index in [4.69, 9.17) is 23.2 Å². The molecule has 0 amide bonds. The lowest BCUT2D eigenvalue weighted by atomic mass is 10.2. The fraction of sp³-hybridized carbons (Fsp3) is 0.231. The van der Waals surface area contributed by atoms with Gasteiger partial charge in [-0.3, -0.25) is 4.31 Å². The highest BCUT2D eigenvalue weighted by Crippen LogP contribution is 2.34. The SMILES string of the molecule is O=S1(=O)CCCN1c1ccccc1Nc1nc(Cl)ncc1Cl. The lowest BCUT2D eigenvalue weighted by Gasteiger charge is -2.21. The lowest BCUT2D eigenvalue weighted by Crippen LogP contribution is -2.25. The molecule has 2 aromatic rings. The van der Waals surface area contributed by atoms with Crippen molar-refractivity contribution in [3.8, 4) is 0 Å². The second kappa shape index (κ2) is 5.91. The number of nitrogens with one attached hydrogen (secondary N) is 1. The summed E-state index contributed by atoms with van der Waals surface area (Å²) in [7, 11) is -3.27. The molecule has 22 heavy (non-hydrogen) atoms. The number of nitrogens with zero attached hydrogens (tertiary/aromatic N) is 3. The van der Waals surface area contributed by atoms with E-state index in [9.17, 15) is 8.42 Å². The molecule has 0 atom stereocenters. The van der Waals surface area contributed by atoms with Crippen LogP contribution in [0.5, 0.6) is 0 Å². The number of hydrogen-bond acceptors (Lipinski definition) is 5. The van der Waals surface area contributed by atoms with E-state index < -0.39 is 10.0 Å². The first-order valence-electron chi connectivity index (χ1n) is 6.52. The van der Waals surface area contributed by atoms with Gasteiger partial charge in [0, 0.05) is 6.54 Å². The normalized spacial score (nSPS) is 16.7. The van der Waals surface area contributed by atoms with Crippen molar-refractivity contribution in [3.05, 3.63) is 40.8 Å². The highest BCUT2D eigenvalue weighted by molar-refractivity contribution is 7.93.